The Morgan fingerprint density at radius 3 is 2.17 bits per heavy atom. The van der Waals surface area contributed by atoms with Gasteiger partial charge >= 0.3 is 0 Å². The second-order valence-corrected chi connectivity index (χ2v) is 7.83. The maximum Gasteiger partial charge on any atom is 0.227 e. The fourth-order valence-corrected chi connectivity index (χ4v) is 3.75. The van der Waals surface area contributed by atoms with E-state index in [4.69, 9.17) is 18.9 Å². The molecule has 1 aromatic heterocycles. The first-order chi connectivity index (χ1) is 17.0. The van der Waals surface area contributed by atoms with Crippen LogP contribution in [0.4, 0.5) is 5.69 Å². The van der Waals surface area contributed by atoms with Crippen LogP contribution in [-0.2, 0) is 18.0 Å². The molecule has 0 fully saturated rings. The van der Waals surface area contributed by atoms with Gasteiger partial charge in [-0.25, -0.2) is 4.98 Å². The Morgan fingerprint density at radius 2 is 1.60 bits per heavy atom. The van der Waals surface area contributed by atoms with Crippen LogP contribution in [0.3, 0.4) is 0 Å². The zero-order valence-electron chi connectivity index (χ0n) is 19.7. The monoisotopic (exact) mass is 474 g/mol. The highest BCUT2D eigenvalue weighted by Crippen LogP contribution is 2.40. The Kier molecular flexibility index (Phi) is 7.14. The molecular formula is C27H26N2O6. The van der Waals surface area contributed by atoms with Gasteiger partial charge in [-0.1, -0.05) is 24.3 Å². The molecule has 0 saturated carbocycles. The number of aromatic nitrogens is 1. The summed E-state index contributed by atoms with van der Waals surface area (Å²) in [5.41, 5.74) is 4.45. The molecule has 0 radical (unpaired) electrons. The molecule has 1 heterocycles. The van der Waals surface area contributed by atoms with Gasteiger partial charge in [-0.05, 0) is 42.0 Å². The van der Waals surface area contributed by atoms with Crippen LogP contribution in [-0.4, -0.2) is 35.3 Å². The van der Waals surface area contributed by atoms with E-state index in [1.54, 1.807) is 19.2 Å². The van der Waals surface area contributed by atoms with E-state index in [9.17, 15) is 15.0 Å². The molecule has 180 valence electrons. The van der Waals surface area contributed by atoms with Gasteiger partial charge in [-0.15, -0.1) is 0 Å². The van der Waals surface area contributed by atoms with Gasteiger partial charge in [0.1, 0.15) is 17.2 Å². The Morgan fingerprint density at radius 1 is 0.914 bits per heavy atom. The fraction of sp³-hybridized carbons (Fsp3) is 0.185. The van der Waals surface area contributed by atoms with Crippen LogP contribution in [0.5, 0.6) is 11.5 Å². The highest BCUT2D eigenvalue weighted by Gasteiger charge is 2.21. The molecule has 0 bridgehead atoms. The average Bonchev–Trinajstić information content (AvgIpc) is 3.34. The van der Waals surface area contributed by atoms with Crippen molar-refractivity contribution >= 4 is 11.6 Å². The zero-order valence-corrected chi connectivity index (χ0v) is 19.7. The molecule has 0 aliphatic heterocycles. The molecule has 8 nitrogen and oxygen atoms in total. The third-order valence-electron chi connectivity index (χ3n) is 5.51. The average molecular weight is 475 g/mol. The van der Waals surface area contributed by atoms with E-state index in [-0.39, 0.29) is 19.1 Å². The third kappa shape index (κ3) is 5.03. The summed E-state index contributed by atoms with van der Waals surface area (Å²) in [5, 5.41) is 22.1. The van der Waals surface area contributed by atoms with Crippen molar-refractivity contribution in [1.29, 1.82) is 0 Å². The van der Waals surface area contributed by atoms with Crippen molar-refractivity contribution in [1.82, 2.24) is 4.98 Å². The van der Waals surface area contributed by atoms with E-state index in [0.29, 0.717) is 45.7 Å². The van der Waals surface area contributed by atoms with Crippen LogP contribution < -0.4 is 14.8 Å². The topological polar surface area (TPSA) is 114 Å². The smallest absolute Gasteiger partial charge is 0.227 e. The number of nitrogens with one attached hydrogen (secondary N) is 1. The lowest BCUT2D eigenvalue weighted by Gasteiger charge is -2.14. The molecule has 0 saturated heterocycles. The van der Waals surface area contributed by atoms with Crippen molar-refractivity contribution < 1.29 is 28.9 Å². The van der Waals surface area contributed by atoms with Crippen molar-refractivity contribution in [3.05, 3.63) is 71.8 Å². The minimum Gasteiger partial charge on any atom is -0.497 e. The number of anilines is 1. The summed E-state index contributed by atoms with van der Waals surface area (Å²) < 4.78 is 17.0. The molecule has 0 unspecified atom stereocenters. The van der Waals surface area contributed by atoms with Gasteiger partial charge in [0.2, 0.25) is 11.8 Å². The summed E-state index contributed by atoms with van der Waals surface area (Å²) in [6, 6.07) is 18.3. The summed E-state index contributed by atoms with van der Waals surface area (Å²) in [5.74, 6) is 1.68. The summed E-state index contributed by atoms with van der Waals surface area (Å²) >= 11 is 0. The number of amides is 1. The molecule has 3 N–H and O–H groups in total. The summed E-state index contributed by atoms with van der Waals surface area (Å²) in [4.78, 5) is 16.4. The minimum absolute atomic E-state index is 0.0555. The Bertz CT molecular complexity index is 1240. The number of hydrogen-bond acceptors (Lipinski definition) is 7. The number of carbonyl (C=O) groups excluding carboxylic acids is 1. The minimum atomic E-state index is -0.318. The summed E-state index contributed by atoms with van der Waals surface area (Å²) in [7, 11) is 3.09. The number of hydrogen-bond donors (Lipinski definition) is 3. The van der Waals surface area contributed by atoms with E-state index >= 15 is 0 Å². The fourth-order valence-electron chi connectivity index (χ4n) is 3.75. The number of methoxy groups -OCH3 is 2. The van der Waals surface area contributed by atoms with Crippen LogP contribution in [0.1, 0.15) is 18.1 Å². The first-order valence-corrected chi connectivity index (χ1v) is 10.9. The standard InChI is InChI=1S/C27H26N2O6/c1-16(32)28-24-21(15-31)12-20(13-23(24)34-3)27-29-25(18-6-4-17(14-30)5-7-18)26(35-27)19-8-10-22(33-2)11-9-19/h4-13,30-31H,14-15H2,1-3H3,(H,28,32). The molecule has 8 heteroatoms. The largest absolute Gasteiger partial charge is 0.497 e. The lowest BCUT2D eigenvalue weighted by molar-refractivity contribution is -0.114. The van der Waals surface area contributed by atoms with E-state index in [1.807, 2.05) is 48.5 Å². The number of aliphatic hydroxyl groups is 2. The van der Waals surface area contributed by atoms with Crippen molar-refractivity contribution in [2.75, 3.05) is 19.5 Å². The number of oxazole rings is 1. The quantitative estimate of drug-likeness (QED) is 0.341. The normalized spacial score (nSPS) is 10.8. The number of ether oxygens (including phenoxy) is 2. The first kappa shape index (κ1) is 24.0. The van der Waals surface area contributed by atoms with Crippen LogP contribution in [0.15, 0.2) is 65.1 Å². The van der Waals surface area contributed by atoms with E-state index in [0.717, 1.165) is 16.7 Å². The van der Waals surface area contributed by atoms with Gasteiger partial charge < -0.3 is 29.4 Å². The van der Waals surface area contributed by atoms with Gasteiger partial charge in [0.05, 0.1) is 33.1 Å². The SMILES string of the molecule is COc1ccc(-c2oc(-c3cc(CO)c(NC(C)=O)c(OC)c3)nc2-c2ccc(CO)cc2)cc1. The zero-order chi connectivity index (χ0) is 24.9. The molecule has 4 rings (SSSR count). The molecular weight excluding hydrogens is 448 g/mol. The van der Waals surface area contributed by atoms with Gasteiger partial charge in [-0.2, -0.15) is 0 Å². The van der Waals surface area contributed by atoms with Gasteiger partial charge in [0.15, 0.2) is 5.76 Å². The second kappa shape index (κ2) is 10.4. The molecule has 3 aromatic carbocycles. The summed E-state index contributed by atoms with van der Waals surface area (Å²) in [6.45, 7) is 1.01. The number of nitrogens with zero attached hydrogens (tertiary/aromatic N) is 1. The maximum absolute atomic E-state index is 11.7. The van der Waals surface area contributed by atoms with Crippen molar-refractivity contribution in [3.8, 4) is 45.5 Å². The van der Waals surface area contributed by atoms with Crippen LogP contribution >= 0.6 is 0 Å². The van der Waals surface area contributed by atoms with Crippen molar-refractivity contribution in [2.45, 2.75) is 20.1 Å². The second-order valence-electron chi connectivity index (χ2n) is 7.83. The van der Waals surface area contributed by atoms with Crippen LogP contribution in [0.25, 0.3) is 34.0 Å². The predicted molar refractivity (Wildman–Crippen MR) is 132 cm³/mol. The first-order valence-electron chi connectivity index (χ1n) is 10.9. The molecule has 0 atom stereocenters. The lowest BCUT2D eigenvalue weighted by atomic mass is 10.0. The molecule has 0 spiro atoms. The van der Waals surface area contributed by atoms with E-state index < -0.39 is 0 Å². The molecule has 0 aliphatic carbocycles. The van der Waals surface area contributed by atoms with Crippen LogP contribution in [0, 0.1) is 0 Å². The Hall–Kier alpha value is -4.14. The Labute approximate surface area is 202 Å². The highest BCUT2D eigenvalue weighted by molar-refractivity contribution is 5.92. The molecule has 35 heavy (non-hydrogen) atoms. The Balaban J connectivity index is 1.88. The maximum atomic E-state index is 11.7. The van der Waals surface area contributed by atoms with Gasteiger partial charge in [0, 0.05) is 29.2 Å². The van der Waals surface area contributed by atoms with Gasteiger partial charge in [-0.3, -0.25) is 4.79 Å². The number of benzene rings is 3. The number of rotatable bonds is 8. The summed E-state index contributed by atoms with van der Waals surface area (Å²) in [6.07, 6.45) is 0. The van der Waals surface area contributed by atoms with Crippen LogP contribution in [0.2, 0.25) is 0 Å². The molecule has 1 amide bonds. The highest BCUT2D eigenvalue weighted by atomic mass is 16.5. The third-order valence-corrected chi connectivity index (χ3v) is 5.51. The van der Waals surface area contributed by atoms with E-state index in [2.05, 4.69) is 5.32 Å². The lowest BCUT2D eigenvalue weighted by Crippen LogP contribution is -2.10. The predicted octanol–water partition coefficient (Wildman–Crippen LogP) is 4.64. The molecule has 4 aromatic rings. The molecule has 0 aliphatic rings. The number of carbonyl (C=O) groups is 1. The van der Waals surface area contributed by atoms with Gasteiger partial charge in [0.25, 0.3) is 0 Å². The van der Waals surface area contributed by atoms with Crippen molar-refractivity contribution in [2.24, 2.45) is 0 Å². The number of aliphatic hydroxyl groups excluding tert-OH is 2. The van der Waals surface area contributed by atoms with Crippen molar-refractivity contribution in [3.63, 3.8) is 0 Å². The van der Waals surface area contributed by atoms with E-state index in [1.165, 1.54) is 14.0 Å².